The third-order valence-corrected chi connectivity index (χ3v) is 2.69. The summed E-state index contributed by atoms with van der Waals surface area (Å²) in [5.74, 6) is 0.821. The van der Waals surface area contributed by atoms with Crippen molar-refractivity contribution < 1.29 is 5.11 Å². The van der Waals surface area contributed by atoms with Crippen molar-refractivity contribution in [2.75, 3.05) is 0 Å². The van der Waals surface area contributed by atoms with E-state index in [0.717, 1.165) is 17.1 Å². The van der Waals surface area contributed by atoms with E-state index < -0.39 is 6.10 Å². The smallest absolute Gasteiger partial charge is 0.110 e. The van der Waals surface area contributed by atoms with Crippen molar-refractivity contribution in [1.29, 1.82) is 5.26 Å². The van der Waals surface area contributed by atoms with Gasteiger partial charge in [0.25, 0.3) is 0 Å². The summed E-state index contributed by atoms with van der Waals surface area (Å²) in [4.78, 5) is 4.15. The minimum atomic E-state index is -0.584. The van der Waals surface area contributed by atoms with Crippen LogP contribution < -0.4 is 0 Å². The van der Waals surface area contributed by atoms with Crippen LogP contribution in [0, 0.1) is 18.3 Å². The second kappa shape index (κ2) is 4.40. The average Bonchev–Trinajstić information content (AvgIpc) is 2.74. The van der Waals surface area contributed by atoms with Crippen LogP contribution in [-0.2, 0) is 0 Å². The van der Waals surface area contributed by atoms with Gasteiger partial charge in [-0.15, -0.1) is 0 Å². The monoisotopic (exact) mass is 227 g/mol. The predicted molar refractivity (Wildman–Crippen MR) is 63.6 cm³/mol. The molecule has 1 aromatic heterocycles. The number of aliphatic hydroxyl groups excluding tert-OH is 1. The lowest BCUT2D eigenvalue weighted by Gasteiger charge is -2.14. The zero-order valence-corrected chi connectivity index (χ0v) is 9.75. The molecule has 0 fully saturated rings. The van der Waals surface area contributed by atoms with Gasteiger partial charge in [-0.05, 0) is 26.0 Å². The highest BCUT2D eigenvalue weighted by atomic mass is 16.3. The first-order valence-corrected chi connectivity index (χ1v) is 5.36. The highest BCUT2D eigenvalue weighted by Crippen LogP contribution is 2.23. The fourth-order valence-electron chi connectivity index (χ4n) is 1.81. The molecule has 0 amide bonds. The van der Waals surface area contributed by atoms with Crippen LogP contribution in [0.4, 0.5) is 0 Å². The highest BCUT2D eigenvalue weighted by Gasteiger charge is 2.11. The summed E-state index contributed by atoms with van der Waals surface area (Å²) in [6, 6.07) is 7.34. The summed E-state index contributed by atoms with van der Waals surface area (Å²) in [7, 11) is 0. The molecule has 17 heavy (non-hydrogen) atoms. The Bertz CT molecular complexity index is 579. The Morgan fingerprint density at radius 3 is 2.76 bits per heavy atom. The third-order valence-electron chi connectivity index (χ3n) is 2.69. The SMILES string of the molecule is Cc1nccn1-c1cc(C#N)ccc1[C@@H](C)O. The number of benzene rings is 1. The molecule has 0 aliphatic rings. The summed E-state index contributed by atoms with van der Waals surface area (Å²) in [6.45, 7) is 3.59. The summed E-state index contributed by atoms with van der Waals surface area (Å²) in [5.41, 5.74) is 2.15. The number of hydrogen-bond acceptors (Lipinski definition) is 3. The zero-order valence-electron chi connectivity index (χ0n) is 9.75. The molecule has 0 saturated carbocycles. The lowest BCUT2D eigenvalue weighted by Crippen LogP contribution is -2.04. The van der Waals surface area contributed by atoms with Gasteiger partial charge in [-0.25, -0.2) is 4.98 Å². The van der Waals surface area contributed by atoms with Crippen molar-refractivity contribution in [3.63, 3.8) is 0 Å². The van der Waals surface area contributed by atoms with Crippen molar-refractivity contribution in [1.82, 2.24) is 9.55 Å². The molecule has 2 rings (SSSR count). The molecule has 1 N–H and O–H groups in total. The molecule has 1 heterocycles. The van der Waals surface area contributed by atoms with E-state index >= 15 is 0 Å². The number of nitrogens with zero attached hydrogens (tertiary/aromatic N) is 3. The van der Waals surface area contributed by atoms with Crippen LogP contribution in [0.1, 0.15) is 30.0 Å². The lowest BCUT2D eigenvalue weighted by molar-refractivity contribution is 0.199. The Labute approximate surface area is 99.8 Å². The molecule has 0 bridgehead atoms. The van der Waals surface area contributed by atoms with E-state index in [1.807, 2.05) is 17.7 Å². The van der Waals surface area contributed by atoms with Crippen LogP contribution in [0.3, 0.4) is 0 Å². The summed E-state index contributed by atoms with van der Waals surface area (Å²) in [6.07, 6.45) is 2.93. The van der Waals surface area contributed by atoms with Gasteiger partial charge in [0.05, 0.1) is 23.4 Å². The van der Waals surface area contributed by atoms with Crippen LogP contribution in [0.15, 0.2) is 30.6 Å². The molecular formula is C13H13N3O. The Morgan fingerprint density at radius 2 is 2.24 bits per heavy atom. The van der Waals surface area contributed by atoms with Gasteiger partial charge >= 0.3 is 0 Å². The number of aromatic nitrogens is 2. The van der Waals surface area contributed by atoms with E-state index in [9.17, 15) is 5.11 Å². The molecule has 0 radical (unpaired) electrons. The normalized spacial score (nSPS) is 12.1. The second-order valence-corrected chi connectivity index (χ2v) is 3.91. The summed E-state index contributed by atoms with van der Waals surface area (Å²) < 4.78 is 1.86. The van der Waals surface area contributed by atoms with E-state index in [2.05, 4.69) is 11.1 Å². The standard InChI is InChI=1S/C13H13N3O/c1-9(17)12-4-3-11(8-14)7-13(12)16-6-5-15-10(16)2/h3-7,9,17H,1-2H3/t9-/m1/s1. The van der Waals surface area contributed by atoms with Gasteiger partial charge in [-0.1, -0.05) is 6.07 Å². The predicted octanol–water partition coefficient (Wildman–Crippen LogP) is 2.11. The molecule has 4 nitrogen and oxygen atoms in total. The largest absolute Gasteiger partial charge is 0.389 e. The molecule has 1 atom stereocenters. The summed E-state index contributed by atoms with van der Waals surface area (Å²) in [5, 5.41) is 18.7. The van der Waals surface area contributed by atoms with E-state index in [1.165, 1.54) is 0 Å². The van der Waals surface area contributed by atoms with Gasteiger partial charge in [0.1, 0.15) is 5.82 Å². The van der Waals surface area contributed by atoms with Gasteiger partial charge in [0.15, 0.2) is 0 Å². The van der Waals surface area contributed by atoms with Crippen molar-refractivity contribution in [3.05, 3.63) is 47.5 Å². The number of hydrogen-bond donors (Lipinski definition) is 1. The molecule has 0 aliphatic carbocycles. The van der Waals surface area contributed by atoms with Crippen LogP contribution in [0.25, 0.3) is 5.69 Å². The molecule has 86 valence electrons. The maximum atomic E-state index is 9.74. The fraction of sp³-hybridized carbons (Fsp3) is 0.231. The number of aryl methyl sites for hydroxylation is 1. The van der Waals surface area contributed by atoms with Crippen LogP contribution in [0.5, 0.6) is 0 Å². The van der Waals surface area contributed by atoms with Crippen LogP contribution in [0.2, 0.25) is 0 Å². The second-order valence-electron chi connectivity index (χ2n) is 3.91. The van der Waals surface area contributed by atoms with Gasteiger partial charge in [-0.2, -0.15) is 5.26 Å². The number of nitriles is 1. The Kier molecular flexibility index (Phi) is 2.94. The first-order chi connectivity index (χ1) is 8.13. The average molecular weight is 227 g/mol. The summed E-state index contributed by atoms with van der Waals surface area (Å²) >= 11 is 0. The number of aliphatic hydroxyl groups is 1. The third kappa shape index (κ3) is 2.05. The molecule has 0 saturated heterocycles. The minimum absolute atomic E-state index is 0.567. The van der Waals surface area contributed by atoms with Gasteiger partial charge in [0.2, 0.25) is 0 Å². The Morgan fingerprint density at radius 1 is 1.47 bits per heavy atom. The molecule has 4 heteroatoms. The minimum Gasteiger partial charge on any atom is -0.389 e. The zero-order chi connectivity index (χ0) is 12.4. The molecule has 2 aromatic rings. The lowest BCUT2D eigenvalue weighted by atomic mass is 10.1. The van der Waals surface area contributed by atoms with Gasteiger partial charge in [-0.3, -0.25) is 0 Å². The van der Waals surface area contributed by atoms with E-state index in [4.69, 9.17) is 5.26 Å². The van der Waals surface area contributed by atoms with Crippen LogP contribution >= 0.6 is 0 Å². The first kappa shape index (κ1) is 11.4. The fourth-order valence-corrected chi connectivity index (χ4v) is 1.81. The van der Waals surface area contributed by atoms with E-state index in [1.54, 1.807) is 31.3 Å². The van der Waals surface area contributed by atoms with E-state index in [-0.39, 0.29) is 0 Å². The Hall–Kier alpha value is -2.12. The Balaban J connectivity index is 2.66. The van der Waals surface area contributed by atoms with Crippen molar-refractivity contribution in [2.45, 2.75) is 20.0 Å². The van der Waals surface area contributed by atoms with E-state index in [0.29, 0.717) is 5.56 Å². The van der Waals surface area contributed by atoms with Crippen molar-refractivity contribution >= 4 is 0 Å². The quantitative estimate of drug-likeness (QED) is 0.854. The van der Waals surface area contributed by atoms with Gasteiger partial charge in [0, 0.05) is 18.0 Å². The molecule has 0 unspecified atom stereocenters. The topological polar surface area (TPSA) is 61.8 Å². The first-order valence-electron chi connectivity index (χ1n) is 5.36. The molecule has 0 spiro atoms. The maximum Gasteiger partial charge on any atom is 0.110 e. The molecule has 1 aromatic carbocycles. The molecular weight excluding hydrogens is 214 g/mol. The maximum absolute atomic E-state index is 9.74. The van der Waals surface area contributed by atoms with Gasteiger partial charge < -0.3 is 9.67 Å². The molecule has 0 aliphatic heterocycles. The van der Waals surface area contributed by atoms with Crippen molar-refractivity contribution in [3.8, 4) is 11.8 Å². The van der Waals surface area contributed by atoms with Crippen molar-refractivity contribution in [2.24, 2.45) is 0 Å². The van der Waals surface area contributed by atoms with Crippen LogP contribution in [-0.4, -0.2) is 14.7 Å². The highest BCUT2D eigenvalue weighted by molar-refractivity contribution is 5.49. The number of imidazole rings is 1. The number of rotatable bonds is 2.